The van der Waals surface area contributed by atoms with Crippen molar-refractivity contribution in [3.8, 4) is 0 Å². The predicted octanol–water partition coefficient (Wildman–Crippen LogP) is 2.72. The SMILES string of the molecule is COCC[C@H](C)NC(=O)Nc1ccc2ccn(C)c2c1. The van der Waals surface area contributed by atoms with Crippen LogP contribution in [0, 0.1) is 0 Å². The number of methoxy groups -OCH3 is 1. The van der Waals surface area contributed by atoms with Crippen LogP contribution in [0.4, 0.5) is 10.5 Å². The fourth-order valence-corrected chi connectivity index (χ4v) is 2.10. The van der Waals surface area contributed by atoms with Crippen LogP contribution in [-0.4, -0.2) is 30.4 Å². The van der Waals surface area contributed by atoms with Crippen LogP contribution in [0.5, 0.6) is 0 Å². The molecule has 2 aromatic rings. The number of anilines is 1. The van der Waals surface area contributed by atoms with Gasteiger partial charge < -0.3 is 19.9 Å². The molecule has 0 radical (unpaired) electrons. The molecule has 5 nitrogen and oxygen atoms in total. The number of fused-ring (bicyclic) bond motifs is 1. The lowest BCUT2D eigenvalue weighted by Crippen LogP contribution is -2.36. The summed E-state index contributed by atoms with van der Waals surface area (Å²) in [5, 5.41) is 6.90. The summed E-state index contributed by atoms with van der Waals surface area (Å²) < 4.78 is 7.02. The molecule has 1 aromatic carbocycles. The molecule has 20 heavy (non-hydrogen) atoms. The Hall–Kier alpha value is -2.01. The normalized spacial score (nSPS) is 12.3. The van der Waals surface area contributed by atoms with Crippen molar-refractivity contribution in [2.24, 2.45) is 7.05 Å². The van der Waals surface area contributed by atoms with Gasteiger partial charge in [0, 0.05) is 44.2 Å². The summed E-state index contributed by atoms with van der Waals surface area (Å²) >= 11 is 0. The van der Waals surface area contributed by atoms with Gasteiger partial charge in [0.05, 0.1) is 0 Å². The van der Waals surface area contributed by atoms with E-state index in [0.29, 0.717) is 6.61 Å². The third kappa shape index (κ3) is 3.51. The third-order valence-corrected chi connectivity index (χ3v) is 3.28. The van der Waals surface area contributed by atoms with Gasteiger partial charge in [-0.2, -0.15) is 0 Å². The van der Waals surface area contributed by atoms with Gasteiger partial charge in [-0.1, -0.05) is 6.07 Å². The van der Waals surface area contributed by atoms with Crippen molar-refractivity contribution >= 4 is 22.6 Å². The number of aryl methyl sites for hydroxylation is 1. The Bertz CT molecular complexity index is 592. The Labute approximate surface area is 118 Å². The van der Waals surface area contributed by atoms with Gasteiger partial charge in [-0.15, -0.1) is 0 Å². The minimum Gasteiger partial charge on any atom is -0.385 e. The number of rotatable bonds is 5. The molecule has 0 aliphatic carbocycles. The lowest BCUT2D eigenvalue weighted by molar-refractivity contribution is 0.185. The second-order valence-electron chi connectivity index (χ2n) is 4.98. The summed E-state index contributed by atoms with van der Waals surface area (Å²) in [5.41, 5.74) is 1.88. The topological polar surface area (TPSA) is 55.3 Å². The fraction of sp³-hybridized carbons (Fsp3) is 0.400. The highest BCUT2D eigenvalue weighted by Gasteiger charge is 2.08. The number of ether oxygens (including phenoxy) is 1. The van der Waals surface area contributed by atoms with Crippen LogP contribution in [-0.2, 0) is 11.8 Å². The zero-order chi connectivity index (χ0) is 14.5. The molecule has 0 fully saturated rings. The molecule has 0 unspecified atom stereocenters. The number of amides is 2. The summed E-state index contributed by atoms with van der Waals surface area (Å²) in [6.45, 7) is 2.59. The summed E-state index contributed by atoms with van der Waals surface area (Å²) in [4.78, 5) is 11.9. The quantitative estimate of drug-likeness (QED) is 0.881. The second-order valence-corrected chi connectivity index (χ2v) is 4.98. The van der Waals surface area contributed by atoms with Crippen LogP contribution in [0.3, 0.4) is 0 Å². The van der Waals surface area contributed by atoms with Crippen LogP contribution >= 0.6 is 0 Å². The van der Waals surface area contributed by atoms with Gasteiger partial charge in [0.25, 0.3) is 0 Å². The van der Waals surface area contributed by atoms with Crippen LogP contribution < -0.4 is 10.6 Å². The number of hydrogen-bond acceptors (Lipinski definition) is 2. The smallest absolute Gasteiger partial charge is 0.319 e. The molecule has 1 atom stereocenters. The van der Waals surface area contributed by atoms with E-state index in [0.717, 1.165) is 23.0 Å². The number of carbonyl (C=O) groups excluding carboxylic acids is 1. The molecule has 0 aliphatic heterocycles. The minimum absolute atomic E-state index is 0.0775. The van der Waals surface area contributed by atoms with E-state index in [1.165, 1.54) is 0 Å². The highest BCUT2D eigenvalue weighted by atomic mass is 16.5. The monoisotopic (exact) mass is 275 g/mol. The second kappa shape index (κ2) is 6.43. The third-order valence-electron chi connectivity index (χ3n) is 3.28. The van der Waals surface area contributed by atoms with Gasteiger partial charge in [0.2, 0.25) is 0 Å². The molecule has 2 N–H and O–H groups in total. The molecule has 2 rings (SSSR count). The van der Waals surface area contributed by atoms with E-state index in [2.05, 4.69) is 10.6 Å². The molecular weight excluding hydrogens is 254 g/mol. The van der Waals surface area contributed by atoms with Crippen molar-refractivity contribution < 1.29 is 9.53 Å². The molecule has 1 aromatic heterocycles. The molecule has 2 amide bonds. The predicted molar refractivity (Wildman–Crippen MR) is 81.0 cm³/mol. The van der Waals surface area contributed by atoms with Crippen molar-refractivity contribution in [3.05, 3.63) is 30.5 Å². The van der Waals surface area contributed by atoms with Crippen LogP contribution in [0.2, 0.25) is 0 Å². The minimum atomic E-state index is -0.192. The average molecular weight is 275 g/mol. The van der Waals surface area contributed by atoms with E-state index >= 15 is 0 Å². The lowest BCUT2D eigenvalue weighted by atomic mass is 10.2. The molecule has 0 bridgehead atoms. The van der Waals surface area contributed by atoms with Crippen LogP contribution in [0.25, 0.3) is 10.9 Å². The van der Waals surface area contributed by atoms with E-state index in [-0.39, 0.29) is 12.1 Å². The first-order valence-corrected chi connectivity index (χ1v) is 6.71. The van der Waals surface area contributed by atoms with E-state index < -0.39 is 0 Å². The Morgan fingerprint density at radius 3 is 2.95 bits per heavy atom. The van der Waals surface area contributed by atoms with Crippen molar-refractivity contribution in [2.75, 3.05) is 19.0 Å². The summed E-state index contributed by atoms with van der Waals surface area (Å²) in [6.07, 6.45) is 2.79. The van der Waals surface area contributed by atoms with Crippen LogP contribution in [0.15, 0.2) is 30.5 Å². The number of hydrogen-bond donors (Lipinski definition) is 2. The van der Waals surface area contributed by atoms with E-state index in [9.17, 15) is 4.79 Å². The lowest BCUT2D eigenvalue weighted by Gasteiger charge is -2.14. The number of nitrogens with zero attached hydrogens (tertiary/aromatic N) is 1. The molecule has 0 saturated carbocycles. The largest absolute Gasteiger partial charge is 0.385 e. The first kappa shape index (κ1) is 14.4. The number of urea groups is 1. The molecule has 0 saturated heterocycles. The fourth-order valence-electron chi connectivity index (χ4n) is 2.10. The number of aromatic nitrogens is 1. The van der Waals surface area contributed by atoms with Gasteiger partial charge >= 0.3 is 6.03 Å². The van der Waals surface area contributed by atoms with Crippen LogP contribution in [0.1, 0.15) is 13.3 Å². The van der Waals surface area contributed by atoms with Gasteiger partial charge in [-0.05, 0) is 36.9 Å². The maximum absolute atomic E-state index is 11.9. The van der Waals surface area contributed by atoms with Gasteiger partial charge in [-0.3, -0.25) is 0 Å². The maximum atomic E-state index is 11.9. The van der Waals surface area contributed by atoms with Gasteiger partial charge in [-0.25, -0.2) is 4.79 Å². The van der Waals surface area contributed by atoms with Crippen molar-refractivity contribution in [1.82, 2.24) is 9.88 Å². The first-order valence-electron chi connectivity index (χ1n) is 6.71. The molecular formula is C15H21N3O2. The highest BCUT2D eigenvalue weighted by Crippen LogP contribution is 2.19. The first-order chi connectivity index (χ1) is 9.60. The summed E-state index contributed by atoms with van der Waals surface area (Å²) in [5.74, 6) is 0. The number of nitrogens with one attached hydrogen (secondary N) is 2. The van der Waals surface area contributed by atoms with Gasteiger partial charge in [0.15, 0.2) is 0 Å². The maximum Gasteiger partial charge on any atom is 0.319 e. The summed E-state index contributed by atoms with van der Waals surface area (Å²) in [6, 6.07) is 7.80. The van der Waals surface area contributed by atoms with Crippen molar-refractivity contribution in [3.63, 3.8) is 0 Å². The summed E-state index contributed by atoms with van der Waals surface area (Å²) in [7, 11) is 3.64. The van der Waals surface area contributed by atoms with Crippen molar-refractivity contribution in [1.29, 1.82) is 0 Å². The molecule has 5 heteroatoms. The Kier molecular flexibility index (Phi) is 4.63. The van der Waals surface area contributed by atoms with Gasteiger partial charge in [0.1, 0.15) is 0 Å². The zero-order valence-electron chi connectivity index (χ0n) is 12.1. The number of carbonyl (C=O) groups is 1. The molecule has 0 aliphatic rings. The standard InChI is InChI=1S/C15H21N3O2/c1-11(7-9-20-3)16-15(19)17-13-5-4-12-6-8-18(2)14(12)10-13/h4-6,8,10-11H,7,9H2,1-3H3,(H2,16,17,19)/t11-/m0/s1. The van der Waals surface area contributed by atoms with E-state index in [1.54, 1.807) is 7.11 Å². The Morgan fingerprint density at radius 2 is 2.20 bits per heavy atom. The highest BCUT2D eigenvalue weighted by molar-refractivity contribution is 5.92. The molecule has 0 spiro atoms. The molecule has 108 valence electrons. The van der Waals surface area contributed by atoms with Crippen molar-refractivity contribution in [2.45, 2.75) is 19.4 Å². The molecule has 1 heterocycles. The van der Waals surface area contributed by atoms with E-state index in [4.69, 9.17) is 4.74 Å². The zero-order valence-corrected chi connectivity index (χ0v) is 12.1. The Balaban J connectivity index is 1.97. The average Bonchev–Trinajstić information content (AvgIpc) is 2.78. The van der Waals surface area contributed by atoms with E-state index in [1.807, 2.05) is 49.0 Å². The number of benzene rings is 1. The Morgan fingerprint density at radius 1 is 1.40 bits per heavy atom.